The maximum absolute atomic E-state index is 11.2. The molecule has 0 aliphatic carbocycles. The zero-order chi connectivity index (χ0) is 10.6. The number of hydrogen-bond donors (Lipinski definition) is 2. The van der Waals surface area contributed by atoms with E-state index in [1.165, 1.54) is 11.8 Å². The van der Waals surface area contributed by atoms with Gasteiger partial charge >= 0.3 is 0 Å². The van der Waals surface area contributed by atoms with Gasteiger partial charge in [-0.1, -0.05) is 11.6 Å². The number of rotatable bonds is 3. The standard InChI is InChI=1S/C9H11ClN2OS/c1-14-5-9(13)12-8-3-2-6(11)4-7(8)10/h2-4H,5,11H2,1H3,(H,12,13). The van der Waals surface area contributed by atoms with Crippen LogP contribution in [0, 0.1) is 0 Å². The minimum absolute atomic E-state index is 0.0656. The number of thioether (sulfide) groups is 1. The SMILES string of the molecule is CSCC(=O)Nc1ccc(N)cc1Cl. The van der Waals surface area contributed by atoms with Gasteiger partial charge in [-0.25, -0.2) is 0 Å². The van der Waals surface area contributed by atoms with Crippen molar-refractivity contribution in [3.05, 3.63) is 23.2 Å². The Morgan fingerprint density at radius 1 is 1.64 bits per heavy atom. The second-order valence-corrected chi connectivity index (χ2v) is 3.99. The number of benzene rings is 1. The lowest BCUT2D eigenvalue weighted by Gasteiger charge is -2.06. The highest BCUT2D eigenvalue weighted by Crippen LogP contribution is 2.23. The second kappa shape index (κ2) is 5.12. The van der Waals surface area contributed by atoms with Crippen LogP contribution in [0.4, 0.5) is 11.4 Å². The molecule has 0 bridgehead atoms. The molecule has 0 unspecified atom stereocenters. The Morgan fingerprint density at radius 3 is 2.93 bits per heavy atom. The van der Waals surface area contributed by atoms with Crippen molar-refractivity contribution in [2.24, 2.45) is 0 Å². The fourth-order valence-corrected chi connectivity index (χ4v) is 1.52. The van der Waals surface area contributed by atoms with E-state index >= 15 is 0 Å². The van der Waals surface area contributed by atoms with Gasteiger partial charge in [-0.3, -0.25) is 4.79 Å². The molecule has 0 aromatic heterocycles. The summed E-state index contributed by atoms with van der Waals surface area (Å²) < 4.78 is 0. The third kappa shape index (κ3) is 3.12. The van der Waals surface area contributed by atoms with Crippen molar-refractivity contribution < 1.29 is 4.79 Å². The minimum atomic E-state index is -0.0656. The molecule has 5 heteroatoms. The van der Waals surface area contributed by atoms with Crippen molar-refractivity contribution in [3.8, 4) is 0 Å². The highest BCUT2D eigenvalue weighted by Gasteiger charge is 2.04. The molecule has 3 nitrogen and oxygen atoms in total. The van der Waals surface area contributed by atoms with Gasteiger partial charge in [-0.2, -0.15) is 11.8 Å². The van der Waals surface area contributed by atoms with Crippen LogP contribution < -0.4 is 11.1 Å². The zero-order valence-corrected chi connectivity index (χ0v) is 9.28. The van der Waals surface area contributed by atoms with E-state index in [1.54, 1.807) is 18.2 Å². The molecule has 1 amide bonds. The Bertz CT molecular complexity index is 344. The molecule has 0 heterocycles. The van der Waals surface area contributed by atoms with Gasteiger partial charge in [0, 0.05) is 5.69 Å². The molecule has 3 N–H and O–H groups in total. The molecule has 76 valence electrons. The van der Waals surface area contributed by atoms with E-state index in [0.717, 1.165) is 0 Å². The van der Waals surface area contributed by atoms with Crippen molar-refractivity contribution >= 4 is 40.6 Å². The lowest BCUT2D eigenvalue weighted by Crippen LogP contribution is -2.14. The zero-order valence-electron chi connectivity index (χ0n) is 7.71. The minimum Gasteiger partial charge on any atom is -0.399 e. The van der Waals surface area contributed by atoms with Crippen molar-refractivity contribution in [1.82, 2.24) is 0 Å². The van der Waals surface area contributed by atoms with Crippen LogP contribution in [0.1, 0.15) is 0 Å². The van der Waals surface area contributed by atoms with E-state index in [9.17, 15) is 4.79 Å². The maximum Gasteiger partial charge on any atom is 0.234 e. The molecular formula is C9H11ClN2OS. The molecule has 0 saturated carbocycles. The maximum atomic E-state index is 11.2. The molecule has 0 saturated heterocycles. The predicted molar refractivity (Wildman–Crippen MR) is 62.9 cm³/mol. The first-order chi connectivity index (χ1) is 6.63. The summed E-state index contributed by atoms with van der Waals surface area (Å²) >= 11 is 7.33. The number of amides is 1. The average Bonchev–Trinajstić information content (AvgIpc) is 2.10. The third-order valence-corrected chi connectivity index (χ3v) is 2.41. The van der Waals surface area contributed by atoms with Gasteiger partial charge in [0.25, 0.3) is 0 Å². The van der Waals surface area contributed by atoms with Crippen LogP contribution >= 0.6 is 23.4 Å². The lowest BCUT2D eigenvalue weighted by atomic mass is 10.3. The number of nitrogen functional groups attached to an aromatic ring is 1. The van der Waals surface area contributed by atoms with Crippen LogP contribution in [0.5, 0.6) is 0 Å². The first-order valence-corrected chi connectivity index (χ1v) is 5.74. The van der Waals surface area contributed by atoms with Gasteiger partial charge in [-0.05, 0) is 24.5 Å². The Morgan fingerprint density at radius 2 is 2.36 bits per heavy atom. The van der Waals surface area contributed by atoms with Gasteiger partial charge in [0.1, 0.15) is 0 Å². The molecule has 14 heavy (non-hydrogen) atoms. The second-order valence-electron chi connectivity index (χ2n) is 2.72. The molecule has 0 fully saturated rings. The smallest absolute Gasteiger partial charge is 0.234 e. The number of nitrogens with one attached hydrogen (secondary N) is 1. The Hall–Kier alpha value is -0.870. The molecule has 1 aromatic carbocycles. The summed E-state index contributed by atoms with van der Waals surface area (Å²) in [5, 5.41) is 3.15. The van der Waals surface area contributed by atoms with Crippen LogP contribution in [0.2, 0.25) is 5.02 Å². The number of hydrogen-bond acceptors (Lipinski definition) is 3. The van der Waals surface area contributed by atoms with Crippen LogP contribution in [-0.4, -0.2) is 17.9 Å². The molecule has 1 rings (SSSR count). The van der Waals surface area contributed by atoms with E-state index in [0.29, 0.717) is 22.2 Å². The lowest BCUT2D eigenvalue weighted by molar-refractivity contribution is -0.113. The van der Waals surface area contributed by atoms with Crippen molar-refractivity contribution in [2.45, 2.75) is 0 Å². The molecular weight excluding hydrogens is 220 g/mol. The Labute approximate surface area is 92.0 Å². The first kappa shape index (κ1) is 11.2. The van der Waals surface area contributed by atoms with Crippen molar-refractivity contribution in [1.29, 1.82) is 0 Å². The molecule has 0 atom stereocenters. The average molecular weight is 231 g/mol. The molecule has 0 spiro atoms. The summed E-state index contributed by atoms with van der Waals surface area (Å²) in [7, 11) is 0. The number of carbonyl (C=O) groups is 1. The van der Waals surface area contributed by atoms with Crippen molar-refractivity contribution in [3.63, 3.8) is 0 Å². The summed E-state index contributed by atoms with van der Waals surface area (Å²) in [6, 6.07) is 4.99. The van der Waals surface area contributed by atoms with E-state index in [4.69, 9.17) is 17.3 Å². The topological polar surface area (TPSA) is 55.1 Å². The molecule has 0 aliphatic heterocycles. The number of nitrogens with two attached hydrogens (primary N) is 1. The monoisotopic (exact) mass is 230 g/mol. The Kier molecular flexibility index (Phi) is 4.10. The van der Waals surface area contributed by atoms with Gasteiger partial charge in [0.2, 0.25) is 5.91 Å². The number of halogens is 1. The van der Waals surface area contributed by atoms with Gasteiger partial charge in [0.15, 0.2) is 0 Å². The predicted octanol–water partition coefficient (Wildman–Crippen LogP) is 2.22. The molecule has 0 aliphatic rings. The molecule has 1 aromatic rings. The fraction of sp³-hybridized carbons (Fsp3) is 0.222. The van der Waals surface area contributed by atoms with Crippen LogP contribution in [0.25, 0.3) is 0 Å². The van der Waals surface area contributed by atoms with Crippen molar-refractivity contribution in [2.75, 3.05) is 23.1 Å². The van der Waals surface area contributed by atoms with Crippen LogP contribution in [-0.2, 0) is 4.79 Å². The molecule has 0 radical (unpaired) electrons. The van der Waals surface area contributed by atoms with Gasteiger partial charge in [-0.15, -0.1) is 0 Å². The quantitative estimate of drug-likeness (QED) is 0.783. The van der Waals surface area contributed by atoms with Gasteiger partial charge < -0.3 is 11.1 Å². The summed E-state index contributed by atoms with van der Waals surface area (Å²) in [6.45, 7) is 0. The first-order valence-electron chi connectivity index (χ1n) is 3.97. The highest BCUT2D eigenvalue weighted by molar-refractivity contribution is 7.99. The van der Waals surface area contributed by atoms with E-state index in [-0.39, 0.29) is 5.91 Å². The largest absolute Gasteiger partial charge is 0.399 e. The fourth-order valence-electron chi connectivity index (χ4n) is 0.950. The number of carbonyl (C=O) groups excluding carboxylic acids is 1. The van der Waals surface area contributed by atoms with E-state index in [1.807, 2.05) is 6.26 Å². The summed E-state index contributed by atoms with van der Waals surface area (Å²) in [5.74, 6) is 0.352. The van der Waals surface area contributed by atoms with E-state index < -0.39 is 0 Å². The summed E-state index contributed by atoms with van der Waals surface area (Å²) in [6.07, 6.45) is 1.87. The Balaban J connectivity index is 2.72. The number of anilines is 2. The summed E-state index contributed by atoms with van der Waals surface area (Å²) in [5.41, 5.74) is 6.69. The van der Waals surface area contributed by atoms with Crippen LogP contribution in [0.15, 0.2) is 18.2 Å². The summed E-state index contributed by atoms with van der Waals surface area (Å²) in [4.78, 5) is 11.2. The normalized spacial score (nSPS) is 9.86. The third-order valence-electron chi connectivity index (χ3n) is 1.54. The van der Waals surface area contributed by atoms with Crippen LogP contribution in [0.3, 0.4) is 0 Å². The van der Waals surface area contributed by atoms with Gasteiger partial charge in [0.05, 0.1) is 16.5 Å². The van der Waals surface area contributed by atoms with E-state index in [2.05, 4.69) is 5.32 Å². The highest BCUT2D eigenvalue weighted by atomic mass is 35.5.